The Morgan fingerprint density at radius 2 is 1.88 bits per heavy atom. The molecule has 146 valence electrons. The van der Waals surface area contributed by atoms with Gasteiger partial charge < -0.3 is 10.1 Å². The Morgan fingerprint density at radius 1 is 1.15 bits per heavy atom. The molecular formula is C22H35NO3. The van der Waals surface area contributed by atoms with Crippen molar-refractivity contribution in [3.8, 4) is 0 Å². The summed E-state index contributed by atoms with van der Waals surface area (Å²) in [5, 5.41) is 3.15. The predicted octanol–water partition coefficient (Wildman–Crippen LogP) is 4.45. The molecule has 0 spiro atoms. The molecule has 0 aromatic carbocycles. The van der Waals surface area contributed by atoms with Crippen LogP contribution in [-0.2, 0) is 14.3 Å². The number of methoxy groups -OCH3 is 1. The minimum absolute atomic E-state index is 0.0124. The van der Waals surface area contributed by atoms with E-state index in [1.807, 2.05) is 13.8 Å². The van der Waals surface area contributed by atoms with Gasteiger partial charge in [0.25, 0.3) is 0 Å². The summed E-state index contributed by atoms with van der Waals surface area (Å²) in [5.41, 5.74) is 1.38. The fourth-order valence-electron chi connectivity index (χ4n) is 6.72. The highest BCUT2D eigenvalue weighted by molar-refractivity contribution is 5.79. The first-order valence-corrected chi connectivity index (χ1v) is 10.5. The molecule has 4 nitrogen and oxygen atoms in total. The lowest BCUT2D eigenvalue weighted by Crippen LogP contribution is -2.53. The summed E-state index contributed by atoms with van der Waals surface area (Å²) in [6, 6.07) is 0. The summed E-state index contributed by atoms with van der Waals surface area (Å²) in [5.74, 6) is 2.10. The molecule has 1 N–H and O–H groups in total. The molecule has 0 aromatic heterocycles. The van der Waals surface area contributed by atoms with E-state index < -0.39 is 0 Å². The van der Waals surface area contributed by atoms with Gasteiger partial charge in [0.2, 0.25) is 5.91 Å². The van der Waals surface area contributed by atoms with Crippen molar-refractivity contribution in [2.75, 3.05) is 7.11 Å². The molecule has 4 rings (SSSR count). The summed E-state index contributed by atoms with van der Waals surface area (Å²) in [6.45, 7) is 8.68. The number of amides is 1. The zero-order valence-electron chi connectivity index (χ0n) is 17.1. The standard InChI is InChI=1S/C20H29NO3.C2H6/c1-19-10-8-14-12(13(19)5-6-15(19)18(23)24-3)4-7-16-20(14,2)11-9-17(22)21-16;1-2/h7,12-15H,4-6,8-11H2,1-3H3,(H,21,22);1-2H3/t12?,13?,14?,15-,19+,20-;/m1./s1. The van der Waals surface area contributed by atoms with Crippen LogP contribution in [0.25, 0.3) is 0 Å². The molecule has 0 bridgehead atoms. The van der Waals surface area contributed by atoms with Gasteiger partial charge in [-0.3, -0.25) is 9.59 Å². The van der Waals surface area contributed by atoms with E-state index in [4.69, 9.17) is 4.74 Å². The molecule has 1 aliphatic heterocycles. The molecule has 1 saturated heterocycles. The molecule has 4 heteroatoms. The first-order chi connectivity index (χ1) is 12.4. The van der Waals surface area contributed by atoms with Crippen molar-refractivity contribution < 1.29 is 14.3 Å². The van der Waals surface area contributed by atoms with Gasteiger partial charge in [0.15, 0.2) is 0 Å². The molecule has 0 radical (unpaired) electrons. The van der Waals surface area contributed by atoms with Gasteiger partial charge in [0.05, 0.1) is 13.0 Å². The third-order valence-electron chi connectivity index (χ3n) is 8.10. The lowest BCUT2D eigenvalue weighted by Gasteiger charge is -2.57. The van der Waals surface area contributed by atoms with E-state index in [0.717, 1.165) is 38.5 Å². The van der Waals surface area contributed by atoms with E-state index >= 15 is 0 Å². The van der Waals surface area contributed by atoms with Crippen LogP contribution >= 0.6 is 0 Å². The molecule has 2 saturated carbocycles. The largest absolute Gasteiger partial charge is 0.469 e. The molecule has 3 fully saturated rings. The van der Waals surface area contributed by atoms with Crippen LogP contribution in [0, 0.1) is 34.5 Å². The maximum absolute atomic E-state index is 12.3. The van der Waals surface area contributed by atoms with Crippen molar-refractivity contribution in [1.82, 2.24) is 5.32 Å². The fraction of sp³-hybridized carbons (Fsp3) is 0.818. The molecule has 1 heterocycles. The van der Waals surface area contributed by atoms with Crippen LogP contribution in [0.5, 0.6) is 0 Å². The van der Waals surface area contributed by atoms with Crippen LogP contribution in [0.1, 0.15) is 72.6 Å². The normalized spacial score (nSPS) is 43.6. The van der Waals surface area contributed by atoms with Gasteiger partial charge in [-0.2, -0.15) is 0 Å². The smallest absolute Gasteiger partial charge is 0.309 e. The summed E-state index contributed by atoms with van der Waals surface area (Å²) in [7, 11) is 1.52. The number of nitrogens with one attached hydrogen (secondary N) is 1. The van der Waals surface area contributed by atoms with E-state index in [9.17, 15) is 9.59 Å². The van der Waals surface area contributed by atoms with Gasteiger partial charge in [0, 0.05) is 17.5 Å². The lowest BCUT2D eigenvalue weighted by atomic mass is 9.49. The highest BCUT2D eigenvalue weighted by Crippen LogP contribution is 2.65. The molecular weight excluding hydrogens is 326 g/mol. The van der Waals surface area contributed by atoms with Gasteiger partial charge in [-0.25, -0.2) is 0 Å². The van der Waals surface area contributed by atoms with Crippen molar-refractivity contribution in [1.29, 1.82) is 0 Å². The first-order valence-electron chi connectivity index (χ1n) is 10.5. The van der Waals surface area contributed by atoms with E-state index in [0.29, 0.717) is 24.2 Å². The number of hydrogen-bond acceptors (Lipinski definition) is 3. The third kappa shape index (κ3) is 2.71. The van der Waals surface area contributed by atoms with E-state index in [2.05, 4.69) is 25.2 Å². The van der Waals surface area contributed by atoms with Crippen LogP contribution in [0.2, 0.25) is 0 Å². The number of esters is 1. The monoisotopic (exact) mass is 361 g/mol. The number of rotatable bonds is 1. The Kier molecular flexibility index (Phi) is 5.24. The second-order valence-corrected chi connectivity index (χ2v) is 8.89. The van der Waals surface area contributed by atoms with Crippen molar-refractivity contribution >= 4 is 11.9 Å². The van der Waals surface area contributed by atoms with Crippen LogP contribution in [0.4, 0.5) is 0 Å². The van der Waals surface area contributed by atoms with Crippen molar-refractivity contribution in [3.63, 3.8) is 0 Å². The maximum atomic E-state index is 12.3. The average Bonchev–Trinajstić information content (AvgIpc) is 3.00. The first kappa shape index (κ1) is 19.4. The number of piperidine rings is 1. The van der Waals surface area contributed by atoms with Crippen molar-refractivity contribution in [2.45, 2.75) is 72.6 Å². The lowest BCUT2D eigenvalue weighted by molar-refractivity contribution is -0.152. The summed E-state index contributed by atoms with van der Waals surface area (Å²) < 4.78 is 5.10. The van der Waals surface area contributed by atoms with E-state index in [1.165, 1.54) is 12.8 Å². The average molecular weight is 362 g/mol. The van der Waals surface area contributed by atoms with Crippen molar-refractivity contribution in [2.24, 2.45) is 34.5 Å². The molecule has 26 heavy (non-hydrogen) atoms. The minimum atomic E-state index is -0.0124. The SMILES string of the molecule is CC.COC(=O)[C@H]1CCC2C3CC=C4NC(=O)CC[C@]4(C)C3CC[C@@]21C. The molecule has 3 aliphatic carbocycles. The van der Waals surface area contributed by atoms with Crippen LogP contribution in [0.3, 0.4) is 0 Å². The summed E-state index contributed by atoms with van der Waals surface area (Å²) >= 11 is 0. The minimum Gasteiger partial charge on any atom is -0.469 e. The fourth-order valence-corrected chi connectivity index (χ4v) is 6.72. The summed E-state index contributed by atoms with van der Waals surface area (Å²) in [4.78, 5) is 24.1. The topological polar surface area (TPSA) is 55.4 Å². The molecule has 4 aliphatic rings. The second kappa shape index (κ2) is 7.01. The van der Waals surface area contributed by atoms with E-state index in [1.54, 1.807) is 0 Å². The number of fused-ring (bicyclic) bond motifs is 5. The zero-order valence-corrected chi connectivity index (χ0v) is 17.1. The second-order valence-electron chi connectivity index (χ2n) is 8.89. The number of ether oxygens (including phenoxy) is 1. The van der Waals surface area contributed by atoms with Crippen LogP contribution < -0.4 is 5.32 Å². The van der Waals surface area contributed by atoms with Crippen LogP contribution in [0.15, 0.2) is 11.8 Å². The molecule has 3 unspecified atom stereocenters. The quantitative estimate of drug-likeness (QED) is 0.702. The number of carbonyl (C=O) groups excluding carboxylic acids is 2. The number of allylic oxidation sites excluding steroid dienone is 2. The predicted molar refractivity (Wildman–Crippen MR) is 102 cm³/mol. The highest BCUT2D eigenvalue weighted by Gasteiger charge is 2.60. The Hall–Kier alpha value is -1.32. The van der Waals surface area contributed by atoms with Gasteiger partial charge in [0.1, 0.15) is 0 Å². The Bertz CT molecular complexity index is 613. The van der Waals surface area contributed by atoms with Gasteiger partial charge in [-0.15, -0.1) is 0 Å². The van der Waals surface area contributed by atoms with Crippen molar-refractivity contribution in [3.05, 3.63) is 11.8 Å². The van der Waals surface area contributed by atoms with Gasteiger partial charge in [-0.05, 0) is 61.7 Å². The van der Waals surface area contributed by atoms with Gasteiger partial charge in [-0.1, -0.05) is 33.8 Å². The number of carbonyl (C=O) groups is 2. The molecule has 0 aromatic rings. The zero-order chi connectivity index (χ0) is 19.1. The number of hydrogen-bond donors (Lipinski definition) is 1. The van der Waals surface area contributed by atoms with Gasteiger partial charge >= 0.3 is 5.97 Å². The molecule has 1 amide bonds. The van der Waals surface area contributed by atoms with Crippen LogP contribution in [-0.4, -0.2) is 19.0 Å². The Balaban J connectivity index is 0.000000948. The Morgan fingerprint density at radius 3 is 2.58 bits per heavy atom. The third-order valence-corrected chi connectivity index (χ3v) is 8.10. The van der Waals surface area contributed by atoms with E-state index in [-0.39, 0.29) is 28.6 Å². The maximum Gasteiger partial charge on any atom is 0.309 e. The molecule has 6 atom stereocenters. The highest BCUT2D eigenvalue weighted by atomic mass is 16.5. The summed E-state index contributed by atoms with van der Waals surface area (Å²) in [6.07, 6.45) is 9.33. The Labute approximate surface area is 158 Å².